The van der Waals surface area contributed by atoms with Gasteiger partial charge in [-0.1, -0.05) is 0 Å². The molecule has 2 N–H and O–H groups in total. The van der Waals surface area contributed by atoms with Crippen LogP contribution in [0.1, 0.15) is 71.9 Å². The highest BCUT2D eigenvalue weighted by Crippen LogP contribution is 2.60. The van der Waals surface area contributed by atoms with Crippen LogP contribution in [0.3, 0.4) is 0 Å². The van der Waals surface area contributed by atoms with Gasteiger partial charge in [0.05, 0.1) is 11.7 Å². The van der Waals surface area contributed by atoms with Crippen LogP contribution < -0.4 is 5.32 Å². The van der Waals surface area contributed by atoms with Crippen LogP contribution in [0, 0.1) is 30.1 Å². The molecule has 4 saturated carbocycles. The molecule has 1 heterocycles. The SMILES string of the molecule is Cc1nc(C(C)NC(=O)C23CC4CC(CC(C4)C2)C3)sc1C(=O)O. The van der Waals surface area contributed by atoms with Gasteiger partial charge in [-0.15, -0.1) is 11.3 Å². The second-order valence-electron chi connectivity index (χ2n) is 8.16. The maximum atomic E-state index is 13.1. The van der Waals surface area contributed by atoms with Crippen molar-refractivity contribution in [1.29, 1.82) is 0 Å². The summed E-state index contributed by atoms with van der Waals surface area (Å²) in [5.74, 6) is 1.42. The van der Waals surface area contributed by atoms with Crippen LogP contribution in [0.15, 0.2) is 0 Å². The lowest BCUT2D eigenvalue weighted by atomic mass is 9.49. The van der Waals surface area contributed by atoms with Crippen molar-refractivity contribution in [1.82, 2.24) is 10.3 Å². The van der Waals surface area contributed by atoms with Gasteiger partial charge in [0.2, 0.25) is 5.91 Å². The minimum absolute atomic E-state index is 0.166. The predicted octanol–water partition coefficient (Wildman–Crippen LogP) is 3.54. The van der Waals surface area contributed by atoms with Gasteiger partial charge in [-0.3, -0.25) is 4.79 Å². The Kier molecular flexibility index (Phi) is 3.71. The van der Waals surface area contributed by atoms with E-state index in [1.54, 1.807) is 6.92 Å². The van der Waals surface area contributed by atoms with Crippen LogP contribution in [0.5, 0.6) is 0 Å². The van der Waals surface area contributed by atoms with Gasteiger partial charge in [0, 0.05) is 5.41 Å². The number of carbonyl (C=O) groups excluding carboxylic acids is 1. The average Bonchev–Trinajstić information content (AvgIpc) is 2.88. The van der Waals surface area contributed by atoms with E-state index in [9.17, 15) is 14.7 Å². The van der Waals surface area contributed by atoms with Crippen molar-refractivity contribution in [2.45, 2.75) is 58.4 Å². The molecule has 0 saturated heterocycles. The number of carboxylic acids is 1. The van der Waals surface area contributed by atoms with Gasteiger partial charge in [0.25, 0.3) is 0 Å². The van der Waals surface area contributed by atoms with E-state index in [-0.39, 0.29) is 22.2 Å². The molecular formula is C18H24N2O3S. The summed E-state index contributed by atoms with van der Waals surface area (Å²) >= 11 is 1.17. The van der Waals surface area contributed by atoms with Crippen molar-refractivity contribution < 1.29 is 14.7 Å². The Morgan fingerprint density at radius 3 is 2.21 bits per heavy atom. The summed E-state index contributed by atoms with van der Waals surface area (Å²) in [7, 11) is 0. The Bertz CT molecular complexity index is 661. The lowest BCUT2D eigenvalue weighted by molar-refractivity contribution is -0.147. The van der Waals surface area contributed by atoms with E-state index in [0.717, 1.165) is 37.0 Å². The first kappa shape index (κ1) is 16.1. The Morgan fingerprint density at radius 1 is 1.21 bits per heavy atom. The first-order valence-electron chi connectivity index (χ1n) is 8.88. The number of nitrogens with one attached hydrogen (secondary N) is 1. The molecule has 130 valence electrons. The number of aryl methyl sites for hydroxylation is 1. The number of aromatic nitrogens is 1. The summed E-state index contributed by atoms with van der Waals surface area (Å²) in [4.78, 5) is 28.9. The van der Waals surface area contributed by atoms with Crippen LogP contribution in [0.25, 0.3) is 0 Å². The Labute approximate surface area is 145 Å². The molecule has 1 aromatic heterocycles. The van der Waals surface area contributed by atoms with E-state index < -0.39 is 5.97 Å². The minimum atomic E-state index is -0.948. The molecule has 0 spiro atoms. The van der Waals surface area contributed by atoms with Crippen LogP contribution in [-0.4, -0.2) is 22.0 Å². The number of carbonyl (C=O) groups is 2. The third-order valence-corrected chi connectivity index (χ3v) is 7.57. The molecule has 4 fully saturated rings. The molecule has 6 heteroatoms. The van der Waals surface area contributed by atoms with Crippen molar-refractivity contribution in [2.75, 3.05) is 0 Å². The molecule has 4 aliphatic carbocycles. The van der Waals surface area contributed by atoms with E-state index in [0.29, 0.717) is 10.7 Å². The Balaban J connectivity index is 1.50. The normalized spacial score (nSPS) is 35.0. The summed E-state index contributed by atoms with van der Waals surface area (Å²) in [6, 6.07) is -0.234. The standard InChI is InChI=1S/C18H24N2O3S/c1-9-14(16(21)22)24-15(19-9)10(2)20-17(23)18-6-11-3-12(7-18)5-13(4-11)8-18/h10-13H,3-8H2,1-2H3,(H,20,23)(H,21,22). The maximum absolute atomic E-state index is 13.1. The average molecular weight is 348 g/mol. The topological polar surface area (TPSA) is 79.3 Å². The third-order valence-electron chi connectivity index (χ3n) is 6.25. The van der Waals surface area contributed by atoms with E-state index >= 15 is 0 Å². The Hall–Kier alpha value is -1.43. The summed E-state index contributed by atoms with van der Waals surface area (Å²) < 4.78 is 0. The first-order valence-corrected chi connectivity index (χ1v) is 9.69. The smallest absolute Gasteiger partial charge is 0.347 e. The molecule has 0 aromatic carbocycles. The highest BCUT2D eigenvalue weighted by atomic mass is 32.1. The van der Waals surface area contributed by atoms with Crippen molar-refractivity contribution in [3.8, 4) is 0 Å². The number of amides is 1. The predicted molar refractivity (Wildman–Crippen MR) is 91.0 cm³/mol. The molecule has 0 aliphatic heterocycles. The molecular weight excluding hydrogens is 324 g/mol. The zero-order valence-electron chi connectivity index (χ0n) is 14.2. The monoisotopic (exact) mass is 348 g/mol. The van der Waals surface area contributed by atoms with E-state index in [1.807, 2.05) is 6.92 Å². The quantitative estimate of drug-likeness (QED) is 0.872. The van der Waals surface area contributed by atoms with Gasteiger partial charge in [-0.25, -0.2) is 9.78 Å². The summed E-state index contributed by atoms with van der Waals surface area (Å²) in [6.45, 7) is 3.61. The van der Waals surface area contributed by atoms with Crippen molar-refractivity contribution in [3.63, 3.8) is 0 Å². The molecule has 1 aromatic rings. The van der Waals surface area contributed by atoms with Gasteiger partial charge in [-0.05, 0) is 70.1 Å². The van der Waals surface area contributed by atoms with Gasteiger partial charge in [-0.2, -0.15) is 0 Å². The van der Waals surface area contributed by atoms with Gasteiger partial charge < -0.3 is 10.4 Å². The highest BCUT2D eigenvalue weighted by Gasteiger charge is 2.54. The van der Waals surface area contributed by atoms with Crippen LogP contribution in [-0.2, 0) is 4.79 Å². The zero-order valence-corrected chi connectivity index (χ0v) is 15.0. The molecule has 1 amide bonds. The van der Waals surface area contributed by atoms with Crippen molar-refractivity contribution >= 4 is 23.2 Å². The van der Waals surface area contributed by atoms with E-state index in [4.69, 9.17) is 0 Å². The molecule has 0 radical (unpaired) electrons. The molecule has 1 atom stereocenters. The number of rotatable bonds is 4. The van der Waals surface area contributed by atoms with Crippen LogP contribution >= 0.6 is 11.3 Å². The molecule has 4 aliphatic rings. The van der Waals surface area contributed by atoms with Crippen molar-refractivity contribution in [2.24, 2.45) is 23.2 Å². The largest absolute Gasteiger partial charge is 0.477 e. The zero-order chi connectivity index (χ0) is 17.1. The molecule has 4 bridgehead atoms. The highest BCUT2D eigenvalue weighted by molar-refractivity contribution is 7.13. The third kappa shape index (κ3) is 2.55. The maximum Gasteiger partial charge on any atom is 0.347 e. The lowest BCUT2D eigenvalue weighted by Crippen LogP contribution is -2.53. The lowest BCUT2D eigenvalue weighted by Gasteiger charge is -2.55. The molecule has 1 unspecified atom stereocenters. The fourth-order valence-corrected chi connectivity index (χ4v) is 6.51. The van der Waals surface area contributed by atoms with Gasteiger partial charge >= 0.3 is 5.97 Å². The van der Waals surface area contributed by atoms with E-state index in [2.05, 4.69) is 10.3 Å². The van der Waals surface area contributed by atoms with Crippen LogP contribution in [0.4, 0.5) is 0 Å². The fourth-order valence-electron chi connectivity index (χ4n) is 5.60. The summed E-state index contributed by atoms with van der Waals surface area (Å²) in [6.07, 6.45) is 7.06. The van der Waals surface area contributed by atoms with Crippen LogP contribution in [0.2, 0.25) is 0 Å². The van der Waals surface area contributed by atoms with Crippen molar-refractivity contribution in [3.05, 3.63) is 15.6 Å². The fraction of sp³-hybridized carbons (Fsp3) is 0.722. The number of carboxylic acid groups (broad SMARTS) is 1. The van der Waals surface area contributed by atoms with E-state index in [1.165, 1.54) is 30.6 Å². The number of thiazole rings is 1. The second kappa shape index (κ2) is 5.55. The minimum Gasteiger partial charge on any atom is -0.477 e. The molecule has 5 rings (SSSR count). The second-order valence-corrected chi connectivity index (χ2v) is 9.20. The van der Waals surface area contributed by atoms with Gasteiger partial charge in [0.15, 0.2) is 0 Å². The number of hydrogen-bond donors (Lipinski definition) is 2. The molecule has 5 nitrogen and oxygen atoms in total. The van der Waals surface area contributed by atoms with Gasteiger partial charge in [0.1, 0.15) is 9.88 Å². The number of nitrogens with zero attached hydrogens (tertiary/aromatic N) is 1. The summed E-state index contributed by atoms with van der Waals surface area (Å²) in [5.41, 5.74) is 0.351. The summed E-state index contributed by atoms with van der Waals surface area (Å²) in [5, 5.41) is 13.0. The Morgan fingerprint density at radius 2 is 1.75 bits per heavy atom. The molecule has 24 heavy (non-hydrogen) atoms. The first-order chi connectivity index (χ1) is 11.4. The number of aromatic carboxylic acids is 1. The number of hydrogen-bond acceptors (Lipinski definition) is 4.